The van der Waals surface area contributed by atoms with E-state index in [2.05, 4.69) is 16.0 Å². The molecule has 0 aromatic heterocycles. The molecule has 10 nitrogen and oxygen atoms in total. The van der Waals surface area contributed by atoms with Crippen LogP contribution < -0.4 is 26.0 Å². The molecule has 1 fully saturated rings. The van der Waals surface area contributed by atoms with Crippen molar-refractivity contribution in [3.63, 3.8) is 0 Å². The normalized spacial score (nSPS) is 13.7. The lowest BCUT2D eigenvalue weighted by Crippen LogP contribution is -2.37. The van der Waals surface area contributed by atoms with Gasteiger partial charge >= 0.3 is 6.03 Å². The summed E-state index contributed by atoms with van der Waals surface area (Å²) >= 11 is 0. The number of anilines is 4. The Bertz CT molecular complexity index is 1330. The van der Waals surface area contributed by atoms with Crippen LogP contribution in [0, 0.1) is 0 Å². The molecule has 0 bridgehead atoms. The molecular formula is C24H25N5O5S. The highest BCUT2D eigenvalue weighted by Crippen LogP contribution is 2.26. The van der Waals surface area contributed by atoms with E-state index in [-0.39, 0.29) is 10.5 Å². The van der Waals surface area contributed by atoms with Crippen LogP contribution in [0.4, 0.5) is 27.5 Å². The van der Waals surface area contributed by atoms with E-state index in [1.807, 2.05) is 23.1 Å². The van der Waals surface area contributed by atoms with Gasteiger partial charge in [-0.05, 0) is 48.5 Å². The molecule has 0 saturated carbocycles. The lowest BCUT2D eigenvalue weighted by Gasteiger charge is -2.30. The fourth-order valence-corrected chi connectivity index (χ4v) is 4.18. The maximum absolute atomic E-state index is 13.2. The molecule has 0 atom stereocenters. The molecule has 1 aliphatic heterocycles. The highest BCUT2D eigenvalue weighted by molar-refractivity contribution is 7.89. The van der Waals surface area contributed by atoms with Crippen molar-refractivity contribution in [2.75, 3.05) is 47.2 Å². The lowest BCUT2D eigenvalue weighted by atomic mass is 10.1. The first-order valence-electron chi connectivity index (χ1n) is 10.8. The number of nitrogens with one attached hydrogen (secondary N) is 3. The predicted octanol–water partition coefficient (Wildman–Crippen LogP) is 3.07. The van der Waals surface area contributed by atoms with Crippen LogP contribution in [0.5, 0.6) is 0 Å². The summed E-state index contributed by atoms with van der Waals surface area (Å²) in [5, 5.41) is 13.5. The molecule has 182 valence electrons. The van der Waals surface area contributed by atoms with Crippen LogP contribution in [0.25, 0.3) is 0 Å². The number of hydrogen-bond donors (Lipinski definition) is 4. The van der Waals surface area contributed by atoms with Crippen molar-refractivity contribution < 1.29 is 22.7 Å². The number of nitrogens with two attached hydrogens (primary N) is 1. The van der Waals surface area contributed by atoms with Crippen molar-refractivity contribution in [3.05, 3.63) is 78.4 Å². The first-order chi connectivity index (χ1) is 16.8. The number of primary sulfonamides is 1. The third-order valence-corrected chi connectivity index (χ3v) is 6.21. The molecule has 1 saturated heterocycles. The molecule has 3 amide bonds. The first-order valence-corrected chi connectivity index (χ1v) is 12.4. The molecule has 35 heavy (non-hydrogen) atoms. The highest BCUT2D eigenvalue weighted by atomic mass is 32.2. The molecule has 0 radical (unpaired) electrons. The topological polar surface area (TPSA) is 143 Å². The summed E-state index contributed by atoms with van der Waals surface area (Å²) in [6.07, 6.45) is 0. The van der Waals surface area contributed by atoms with E-state index in [0.717, 1.165) is 0 Å². The zero-order valence-electron chi connectivity index (χ0n) is 18.7. The molecule has 1 aliphatic rings. The average molecular weight is 496 g/mol. The molecule has 1 heterocycles. The third-order valence-electron chi connectivity index (χ3n) is 5.30. The lowest BCUT2D eigenvalue weighted by molar-refractivity contribution is 0.102. The summed E-state index contributed by atoms with van der Waals surface area (Å²) in [5.41, 5.74) is 2.26. The van der Waals surface area contributed by atoms with E-state index >= 15 is 0 Å². The van der Waals surface area contributed by atoms with Gasteiger partial charge in [0.2, 0.25) is 10.0 Å². The Morgan fingerprint density at radius 2 is 1.43 bits per heavy atom. The number of sulfonamides is 1. The van der Waals surface area contributed by atoms with Gasteiger partial charge in [0.25, 0.3) is 5.91 Å². The molecule has 0 aliphatic carbocycles. The number of nitrogens with zero attached hydrogens (tertiary/aromatic N) is 1. The van der Waals surface area contributed by atoms with Crippen LogP contribution in [-0.4, -0.2) is 46.7 Å². The summed E-state index contributed by atoms with van der Waals surface area (Å²) in [4.78, 5) is 27.3. The molecule has 3 aromatic rings. The van der Waals surface area contributed by atoms with Crippen LogP contribution >= 0.6 is 0 Å². The number of rotatable bonds is 6. The zero-order chi connectivity index (χ0) is 24.8. The van der Waals surface area contributed by atoms with E-state index in [1.165, 1.54) is 12.1 Å². The van der Waals surface area contributed by atoms with Crippen LogP contribution in [0.3, 0.4) is 0 Å². The largest absolute Gasteiger partial charge is 0.378 e. The number of carbonyl (C=O) groups excluding carboxylic acids is 2. The van der Waals surface area contributed by atoms with Gasteiger partial charge in [-0.2, -0.15) is 0 Å². The van der Waals surface area contributed by atoms with Crippen molar-refractivity contribution in [2.45, 2.75) is 4.90 Å². The number of benzene rings is 3. The molecule has 0 unspecified atom stereocenters. The Labute approximate surface area is 203 Å². The Hall–Kier alpha value is -3.93. The van der Waals surface area contributed by atoms with Gasteiger partial charge < -0.3 is 25.6 Å². The molecule has 5 N–H and O–H groups in total. The summed E-state index contributed by atoms with van der Waals surface area (Å²) in [7, 11) is -4.00. The van der Waals surface area contributed by atoms with E-state index in [1.54, 1.807) is 42.5 Å². The van der Waals surface area contributed by atoms with Crippen molar-refractivity contribution in [1.29, 1.82) is 0 Å². The van der Waals surface area contributed by atoms with Crippen molar-refractivity contribution in [1.82, 2.24) is 0 Å². The standard InChI is InChI=1S/C24H25N5O5S/c25-35(32,33)20-9-10-22(29-11-13-34-14-12-29)21(16-20)23(30)26-18-7-4-8-19(15-18)28-24(31)27-17-5-2-1-3-6-17/h1-10,15-16H,11-14H2,(H,26,30)(H2,25,32,33)(H2,27,28,31). The minimum atomic E-state index is -4.00. The molecule has 4 rings (SSSR count). The summed E-state index contributed by atoms with van der Waals surface area (Å²) in [6.45, 7) is 2.11. The molecule has 11 heteroatoms. The van der Waals surface area contributed by atoms with Crippen LogP contribution in [0.1, 0.15) is 10.4 Å². The van der Waals surface area contributed by atoms with E-state index < -0.39 is 22.0 Å². The second-order valence-electron chi connectivity index (χ2n) is 7.80. The number of carbonyl (C=O) groups is 2. The van der Waals surface area contributed by atoms with E-state index in [4.69, 9.17) is 9.88 Å². The Morgan fingerprint density at radius 1 is 0.800 bits per heavy atom. The smallest absolute Gasteiger partial charge is 0.323 e. The Morgan fingerprint density at radius 3 is 2.11 bits per heavy atom. The average Bonchev–Trinajstić information content (AvgIpc) is 2.84. The summed E-state index contributed by atoms with van der Waals surface area (Å²) in [5.74, 6) is -0.511. The summed E-state index contributed by atoms with van der Waals surface area (Å²) < 4.78 is 29.2. The number of hydrogen-bond acceptors (Lipinski definition) is 6. The Kier molecular flexibility index (Phi) is 7.30. The monoisotopic (exact) mass is 495 g/mol. The Balaban J connectivity index is 1.53. The maximum Gasteiger partial charge on any atom is 0.323 e. The van der Waals surface area contributed by atoms with Crippen LogP contribution in [0.2, 0.25) is 0 Å². The molecule has 0 spiro atoms. The van der Waals surface area contributed by atoms with Crippen molar-refractivity contribution in [3.8, 4) is 0 Å². The van der Waals surface area contributed by atoms with Gasteiger partial charge in [0.05, 0.1) is 23.7 Å². The first kappa shape index (κ1) is 24.2. The van der Waals surface area contributed by atoms with Gasteiger partial charge in [-0.3, -0.25) is 4.79 Å². The summed E-state index contributed by atoms with van der Waals surface area (Å²) in [6, 6.07) is 19.4. The SMILES string of the molecule is NS(=O)(=O)c1ccc(N2CCOCC2)c(C(=O)Nc2cccc(NC(=O)Nc3ccccc3)c2)c1. The van der Waals surface area contributed by atoms with Crippen LogP contribution in [0.15, 0.2) is 77.7 Å². The second kappa shape index (κ2) is 10.6. The van der Waals surface area contributed by atoms with E-state index in [0.29, 0.717) is 49.1 Å². The number of urea groups is 1. The third kappa shape index (κ3) is 6.35. The van der Waals surface area contributed by atoms with Gasteiger partial charge in [-0.1, -0.05) is 24.3 Å². The van der Waals surface area contributed by atoms with Crippen molar-refractivity contribution in [2.24, 2.45) is 5.14 Å². The van der Waals surface area contributed by atoms with Gasteiger partial charge in [-0.15, -0.1) is 0 Å². The number of morpholine rings is 1. The number of amides is 3. The maximum atomic E-state index is 13.2. The molecular weight excluding hydrogens is 470 g/mol. The van der Waals surface area contributed by atoms with Crippen LogP contribution in [-0.2, 0) is 14.8 Å². The number of para-hydroxylation sites is 1. The number of ether oxygens (including phenoxy) is 1. The van der Waals surface area contributed by atoms with Gasteiger partial charge in [-0.25, -0.2) is 18.4 Å². The second-order valence-corrected chi connectivity index (χ2v) is 9.36. The quantitative estimate of drug-likeness (QED) is 0.414. The van der Waals surface area contributed by atoms with Crippen molar-refractivity contribution >= 4 is 44.7 Å². The van der Waals surface area contributed by atoms with Gasteiger partial charge in [0.1, 0.15) is 0 Å². The predicted molar refractivity (Wildman–Crippen MR) is 134 cm³/mol. The fourth-order valence-electron chi connectivity index (χ4n) is 3.64. The van der Waals surface area contributed by atoms with E-state index in [9.17, 15) is 18.0 Å². The highest BCUT2D eigenvalue weighted by Gasteiger charge is 2.22. The zero-order valence-corrected chi connectivity index (χ0v) is 19.5. The minimum Gasteiger partial charge on any atom is -0.378 e. The fraction of sp³-hybridized carbons (Fsp3) is 0.167. The van der Waals surface area contributed by atoms with Gasteiger partial charge in [0.15, 0.2) is 0 Å². The van der Waals surface area contributed by atoms with Gasteiger partial charge in [0, 0.05) is 35.8 Å². The minimum absolute atomic E-state index is 0.160. The molecule has 3 aromatic carbocycles.